The number of fused-ring (bicyclic) bond motifs is 4. The van der Waals surface area contributed by atoms with Crippen LogP contribution in [0.25, 0.3) is 44.7 Å². The van der Waals surface area contributed by atoms with Gasteiger partial charge in [-0.2, -0.15) is 4.99 Å². The van der Waals surface area contributed by atoms with E-state index in [1.165, 1.54) is 0 Å². The lowest BCUT2D eigenvalue weighted by Crippen LogP contribution is -2.23. The van der Waals surface area contributed by atoms with Crippen LogP contribution in [0.1, 0.15) is 5.69 Å². The van der Waals surface area contributed by atoms with Gasteiger partial charge in [0.1, 0.15) is 5.82 Å². The van der Waals surface area contributed by atoms with Crippen LogP contribution in [0.3, 0.4) is 0 Å². The number of aromatic nitrogens is 5. The maximum Gasteiger partial charge on any atom is 0.207 e. The topological polar surface area (TPSA) is 134 Å². The number of para-hydroxylation sites is 2. The fourth-order valence-corrected chi connectivity index (χ4v) is 4.46. The summed E-state index contributed by atoms with van der Waals surface area (Å²) in [4.78, 5) is 8.86. The molecule has 6 aromatic rings. The molecule has 0 aliphatic heterocycles. The van der Waals surface area contributed by atoms with Crippen molar-refractivity contribution in [1.82, 2.24) is 23.9 Å². The first-order valence-corrected chi connectivity index (χ1v) is 12.0. The van der Waals surface area contributed by atoms with Crippen LogP contribution in [0.15, 0.2) is 110 Å². The minimum absolute atomic E-state index is 0.353. The number of pyridine rings is 1. The van der Waals surface area contributed by atoms with Crippen LogP contribution in [0.2, 0.25) is 0 Å². The van der Waals surface area contributed by atoms with Gasteiger partial charge in [-0.25, -0.2) is 4.68 Å². The van der Waals surface area contributed by atoms with Crippen molar-refractivity contribution < 1.29 is 0 Å². The fraction of sp³-hybridized carbons (Fsp3) is 0.0345. The Morgan fingerprint density at radius 1 is 1.00 bits per heavy atom. The number of nitrogens with two attached hydrogens (primary N) is 3. The first-order valence-electron chi connectivity index (χ1n) is 12.0. The van der Waals surface area contributed by atoms with E-state index in [1.807, 2.05) is 88.1 Å². The van der Waals surface area contributed by atoms with E-state index in [4.69, 9.17) is 17.2 Å². The zero-order valence-electron chi connectivity index (χ0n) is 20.8. The summed E-state index contributed by atoms with van der Waals surface area (Å²) >= 11 is 0. The molecule has 0 spiro atoms. The summed E-state index contributed by atoms with van der Waals surface area (Å²) in [6.07, 6.45) is 10.9. The fourth-order valence-electron chi connectivity index (χ4n) is 4.46. The average molecular weight is 504 g/mol. The van der Waals surface area contributed by atoms with Crippen molar-refractivity contribution in [3.63, 3.8) is 0 Å². The molecule has 7 N–H and O–H groups in total. The number of aromatic amines is 1. The highest BCUT2D eigenvalue weighted by Crippen LogP contribution is 2.29. The number of anilines is 1. The standard InChI is InChI=1S/C16H14N6.C13H15N3/c1-11(21-10-9-19-21)20-16(17)22-13-6-3-2-5-12(13)15-14(22)7-4-8-18-15;1-2-3-7-12-13(15)10-6-4-5-8-11(10)16(12)9-14/h2-10,19H,1H2,(H2,17,20);2-8H,1,9,14-15H2/b;7-3-. The number of nitrogens with zero attached hydrogens (tertiary/aromatic N) is 5. The molecule has 0 saturated carbocycles. The third kappa shape index (κ3) is 4.27. The molecule has 0 fully saturated rings. The van der Waals surface area contributed by atoms with Gasteiger partial charge in [-0.05, 0) is 30.3 Å². The van der Waals surface area contributed by atoms with Crippen LogP contribution in [-0.2, 0) is 6.67 Å². The lowest BCUT2D eigenvalue weighted by molar-refractivity contribution is 0.758. The van der Waals surface area contributed by atoms with Gasteiger partial charge in [-0.3, -0.25) is 14.6 Å². The molecule has 0 aliphatic carbocycles. The summed E-state index contributed by atoms with van der Waals surface area (Å²) < 4.78 is 5.58. The lowest BCUT2D eigenvalue weighted by atomic mass is 10.2. The van der Waals surface area contributed by atoms with E-state index in [9.17, 15) is 0 Å². The van der Waals surface area contributed by atoms with Gasteiger partial charge in [-0.15, -0.1) is 0 Å². The maximum atomic E-state index is 6.23. The summed E-state index contributed by atoms with van der Waals surface area (Å²) in [5.41, 5.74) is 23.6. The smallest absolute Gasteiger partial charge is 0.207 e. The Bertz CT molecular complexity index is 1760. The van der Waals surface area contributed by atoms with E-state index >= 15 is 0 Å². The second kappa shape index (κ2) is 10.4. The Morgan fingerprint density at radius 2 is 1.68 bits per heavy atom. The number of nitrogens with one attached hydrogen (secondary N) is 1. The zero-order valence-corrected chi connectivity index (χ0v) is 20.8. The van der Waals surface area contributed by atoms with E-state index in [2.05, 4.69) is 28.2 Å². The number of hydrogen-bond donors (Lipinski definition) is 4. The van der Waals surface area contributed by atoms with Crippen LogP contribution in [0, 0.1) is 0 Å². The quantitative estimate of drug-likeness (QED) is 0.150. The zero-order chi connectivity index (χ0) is 26.6. The minimum Gasteiger partial charge on any atom is -0.396 e. The van der Waals surface area contributed by atoms with Crippen LogP contribution in [-0.4, -0.2) is 29.9 Å². The van der Waals surface area contributed by atoms with Crippen LogP contribution >= 0.6 is 0 Å². The van der Waals surface area contributed by atoms with Crippen molar-refractivity contribution in [2.24, 2.45) is 16.5 Å². The van der Waals surface area contributed by atoms with Gasteiger partial charge in [0, 0.05) is 29.4 Å². The molecule has 0 aliphatic rings. The Hall–Kier alpha value is -5.28. The molecule has 4 heterocycles. The second-order valence-electron chi connectivity index (χ2n) is 8.45. The van der Waals surface area contributed by atoms with Gasteiger partial charge >= 0.3 is 0 Å². The predicted octanol–water partition coefficient (Wildman–Crippen LogP) is 4.95. The van der Waals surface area contributed by atoms with Crippen LogP contribution in [0.4, 0.5) is 5.69 Å². The molecule has 38 heavy (non-hydrogen) atoms. The van der Waals surface area contributed by atoms with Gasteiger partial charge in [-0.1, -0.05) is 61.7 Å². The number of benzene rings is 2. The Labute approximate surface area is 219 Å². The molecular formula is C29H29N9. The highest BCUT2D eigenvalue weighted by Gasteiger charge is 2.14. The largest absolute Gasteiger partial charge is 0.396 e. The first-order chi connectivity index (χ1) is 18.5. The number of allylic oxidation sites excluding steroid dienone is 2. The molecule has 0 amide bonds. The van der Waals surface area contributed by atoms with Gasteiger partial charge in [0.2, 0.25) is 5.96 Å². The number of H-pyrrole nitrogens is 1. The maximum absolute atomic E-state index is 6.23. The molecule has 2 aromatic carbocycles. The van der Waals surface area contributed by atoms with Crippen molar-refractivity contribution in [2.45, 2.75) is 6.67 Å². The summed E-state index contributed by atoms with van der Waals surface area (Å²) in [7, 11) is 0. The highest BCUT2D eigenvalue weighted by molar-refractivity contribution is 6.12. The van der Waals surface area contributed by atoms with E-state index < -0.39 is 0 Å². The second-order valence-corrected chi connectivity index (χ2v) is 8.45. The number of aliphatic imine (C=N–C) groups is 1. The Balaban J connectivity index is 0.000000163. The molecule has 9 heteroatoms. The molecule has 0 radical (unpaired) electrons. The molecule has 9 nitrogen and oxygen atoms in total. The van der Waals surface area contributed by atoms with Crippen molar-refractivity contribution in [2.75, 3.05) is 5.73 Å². The third-order valence-corrected chi connectivity index (χ3v) is 6.24. The molecule has 0 atom stereocenters. The summed E-state index contributed by atoms with van der Waals surface area (Å²) in [5, 5.41) is 5.02. The van der Waals surface area contributed by atoms with Crippen LogP contribution in [0.5, 0.6) is 0 Å². The molecular weight excluding hydrogens is 474 g/mol. The average Bonchev–Trinajstić information content (AvgIpc) is 3.38. The van der Waals surface area contributed by atoms with Crippen molar-refractivity contribution >= 4 is 56.4 Å². The van der Waals surface area contributed by atoms with Crippen molar-refractivity contribution in [3.05, 3.63) is 110 Å². The Morgan fingerprint density at radius 3 is 2.37 bits per heavy atom. The van der Waals surface area contributed by atoms with Gasteiger partial charge in [0.25, 0.3) is 0 Å². The van der Waals surface area contributed by atoms with Gasteiger partial charge in [0.05, 0.1) is 40.1 Å². The van der Waals surface area contributed by atoms with E-state index in [-0.39, 0.29) is 0 Å². The lowest BCUT2D eigenvalue weighted by Gasteiger charge is -2.11. The molecule has 0 unspecified atom stereocenters. The summed E-state index contributed by atoms with van der Waals surface area (Å²) in [6.45, 7) is 7.96. The minimum atomic E-state index is 0.353. The SMILES string of the molecule is C=C(/N=C(\N)n1c2ccccc2c2ncccc21)n1cc[nH]1.C=C/C=C\c1c(N)c2ccccc2n1CN. The first kappa shape index (κ1) is 24.4. The number of nitrogen functional groups attached to an aromatic ring is 1. The van der Waals surface area contributed by atoms with Crippen LogP contribution < -0.4 is 17.2 Å². The summed E-state index contributed by atoms with van der Waals surface area (Å²) in [5.74, 6) is 0.876. The molecule has 0 saturated heterocycles. The number of rotatable bonds is 5. The number of hydrogen-bond acceptors (Lipinski definition) is 4. The highest BCUT2D eigenvalue weighted by atomic mass is 15.4. The predicted molar refractivity (Wildman–Crippen MR) is 158 cm³/mol. The van der Waals surface area contributed by atoms with Gasteiger partial charge in [0.15, 0.2) is 0 Å². The summed E-state index contributed by atoms with van der Waals surface area (Å²) in [6, 6.07) is 19.8. The third-order valence-electron chi connectivity index (χ3n) is 6.24. The molecule has 4 aromatic heterocycles. The van der Waals surface area contributed by atoms with E-state index in [1.54, 1.807) is 23.2 Å². The monoisotopic (exact) mass is 503 g/mol. The van der Waals surface area contributed by atoms with Crippen molar-refractivity contribution in [1.29, 1.82) is 0 Å². The molecule has 0 bridgehead atoms. The Kier molecular flexibility index (Phi) is 6.66. The molecule has 190 valence electrons. The van der Waals surface area contributed by atoms with E-state index in [0.717, 1.165) is 44.2 Å². The molecule has 6 rings (SSSR count). The normalized spacial score (nSPS) is 11.9. The van der Waals surface area contributed by atoms with Gasteiger partial charge < -0.3 is 21.8 Å². The van der Waals surface area contributed by atoms with E-state index in [0.29, 0.717) is 18.4 Å². The van der Waals surface area contributed by atoms with Crippen molar-refractivity contribution in [3.8, 4) is 0 Å².